The van der Waals surface area contributed by atoms with Gasteiger partial charge in [-0.15, -0.1) is 0 Å². The van der Waals surface area contributed by atoms with Gasteiger partial charge in [-0.05, 0) is 18.6 Å². The standard InChI is InChI=1S/C14H12FN5O/c15-11-3-1-2-9(6-11)13-18-14(21-19-13)10-4-5-12-16-8-17-20(12)7-10/h1-3,6,8,10H,4-5,7H2. The summed E-state index contributed by atoms with van der Waals surface area (Å²) in [6, 6.07) is 6.17. The molecule has 1 aliphatic heterocycles. The lowest BCUT2D eigenvalue weighted by molar-refractivity contribution is 0.308. The van der Waals surface area contributed by atoms with Gasteiger partial charge in [-0.25, -0.2) is 14.1 Å². The first-order valence-corrected chi connectivity index (χ1v) is 6.76. The average Bonchev–Trinajstić information content (AvgIpc) is 3.15. The fraction of sp³-hybridized carbons (Fsp3) is 0.286. The van der Waals surface area contributed by atoms with Crippen LogP contribution in [0, 0.1) is 5.82 Å². The molecule has 3 aromatic rings. The number of nitrogens with zero attached hydrogens (tertiary/aromatic N) is 5. The number of aryl methyl sites for hydroxylation is 1. The Hall–Kier alpha value is -2.57. The van der Waals surface area contributed by atoms with Gasteiger partial charge in [-0.2, -0.15) is 10.1 Å². The lowest BCUT2D eigenvalue weighted by Crippen LogP contribution is -2.20. The van der Waals surface area contributed by atoms with E-state index >= 15 is 0 Å². The number of hydrogen-bond donors (Lipinski definition) is 0. The van der Waals surface area contributed by atoms with Crippen molar-refractivity contribution in [2.45, 2.75) is 25.3 Å². The molecular formula is C14H12FN5O. The molecule has 6 nitrogen and oxygen atoms in total. The van der Waals surface area contributed by atoms with Crippen LogP contribution in [0.2, 0.25) is 0 Å². The highest BCUT2D eigenvalue weighted by Gasteiger charge is 2.26. The maximum atomic E-state index is 13.2. The molecule has 0 N–H and O–H groups in total. The number of fused-ring (bicyclic) bond motifs is 1. The summed E-state index contributed by atoms with van der Waals surface area (Å²) in [6.07, 6.45) is 3.29. The second-order valence-electron chi connectivity index (χ2n) is 5.06. The predicted octanol–water partition coefficient (Wildman–Crippen LogP) is 2.20. The quantitative estimate of drug-likeness (QED) is 0.722. The number of hydrogen-bond acceptors (Lipinski definition) is 5. The van der Waals surface area contributed by atoms with Crippen molar-refractivity contribution in [2.24, 2.45) is 0 Å². The molecule has 0 aliphatic carbocycles. The molecule has 0 radical (unpaired) electrons. The highest BCUT2D eigenvalue weighted by molar-refractivity contribution is 5.53. The van der Waals surface area contributed by atoms with Gasteiger partial charge in [0.1, 0.15) is 18.0 Å². The largest absolute Gasteiger partial charge is 0.339 e. The Labute approximate surface area is 119 Å². The Bertz CT molecular complexity index is 781. The van der Waals surface area contributed by atoms with Crippen molar-refractivity contribution in [2.75, 3.05) is 0 Å². The first kappa shape index (κ1) is 12.2. The monoisotopic (exact) mass is 285 g/mol. The summed E-state index contributed by atoms with van der Waals surface area (Å²) in [5, 5.41) is 8.12. The van der Waals surface area contributed by atoms with Crippen molar-refractivity contribution in [1.82, 2.24) is 24.9 Å². The topological polar surface area (TPSA) is 69.6 Å². The van der Waals surface area contributed by atoms with Crippen molar-refractivity contribution in [3.05, 3.63) is 48.1 Å². The van der Waals surface area contributed by atoms with Gasteiger partial charge in [0.25, 0.3) is 0 Å². The molecule has 1 unspecified atom stereocenters. The Kier molecular flexibility index (Phi) is 2.77. The van der Waals surface area contributed by atoms with E-state index in [-0.39, 0.29) is 11.7 Å². The smallest absolute Gasteiger partial charge is 0.231 e. The van der Waals surface area contributed by atoms with E-state index < -0.39 is 0 Å². The molecule has 106 valence electrons. The molecule has 0 fully saturated rings. The van der Waals surface area contributed by atoms with Gasteiger partial charge in [0.15, 0.2) is 0 Å². The molecule has 1 aromatic carbocycles. The van der Waals surface area contributed by atoms with E-state index in [1.54, 1.807) is 18.5 Å². The predicted molar refractivity (Wildman–Crippen MR) is 70.8 cm³/mol. The third-order valence-corrected chi connectivity index (χ3v) is 3.68. The Morgan fingerprint density at radius 3 is 3.19 bits per heavy atom. The van der Waals surface area contributed by atoms with E-state index in [2.05, 4.69) is 20.2 Å². The van der Waals surface area contributed by atoms with Gasteiger partial charge >= 0.3 is 0 Å². The number of rotatable bonds is 2. The maximum Gasteiger partial charge on any atom is 0.231 e. The molecule has 7 heteroatoms. The van der Waals surface area contributed by atoms with Crippen LogP contribution in [0.3, 0.4) is 0 Å². The Morgan fingerprint density at radius 1 is 1.33 bits per heavy atom. The van der Waals surface area contributed by atoms with Crippen LogP contribution < -0.4 is 0 Å². The minimum Gasteiger partial charge on any atom is -0.339 e. The van der Waals surface area contributed by atoms with E-state index in [9.17, 15) is 4.39 Å². The van der Waals surface area contributed by atoms with Gasteiger partial charge in [0, 0.05) is 12.0 Å². The fourth-order valence-corrected chi connectivity index (χ4v) is 2.58. The van der Waals surface area contributed by atoms with Crippen LogP contribution in [0.15, 0.2) is 35.1 Å². The number of benzene rings is 1. The Balaban J connectivity index is 1.61. The van der Waals surface area contributed by atoms with Crippen LogP contribution in [0.25, 0.3) is 11.4 Å². The van der Waals surface area contributed by atoms with Crippen LogP contribution in [0.5, 0.6) is 0 Å². The van der Waals surface area contributed by atoms with Gasteiger partial charge in [0.2, 0.25) is 11.7 Å². The molecule has 21 heavy (non-hydrogen) atoms. The highest BCUT2D eigenvalue weighted by atomic mass is 19.1. The van der Waals surface area contributed by atoms with Gasteiger partial charge in [-0.1, -0.05) is 17.3 Å². The maximum absolute atomic E-state index is 13.2. The molecule has 0 bridgehead atoms. The second-order valence-corrected chi connectivity index (χ2v) is 5.06. The molecular weight excluding hydrogens is 273 g/mol. The highest BCUT2D eigenvalue weighted by Crippen LogP contribution is 2.28. The lowest BCUT2D eigenvalue weighted by atomic mass is 10.00. The normalized spacial score (nSPS) is 17.7. The molecule has 1 atom stereocenters. The minimum atomic E-state index is -0.316. The lowest BCUT2D eigenvalue weighted by Gasteiger charge is -2.18. The molecule has 0 amide bonds. The molecule has 0 spiro atoms. The summed E-state index contributed by atoms with van der Waals surface area (Å²) in [6.45, 7) is 0.681. The third kappa shape index (κ3) is 2.20. The van der Waals surface area contributed by atoms with Crippen LogP contribution >= 0.6 is 0 Å². The summed E-state index contributed by atoms with van der Waals surface area (Å²) in [4.78, 5) is 8.59. The molecule has 1 aliphatic rings. The van der Waals surface area contributed by atoms with Crippen molar-refractivity contribution < 1.29 is 8.91 Å². The van der Waals surface area contributed by atoms with E-state index in [0.717, 1.165) is 18.7 Å². The van der Waals surface area contributed by atoms with E-state index in [4.69, 9.17) is 4.52 Å². The zero-order valence-corrected chi connectivity index (χ0v) is 11.1. The van der Waals surface area contributed by atoms with Gasteiger partial charge in [0.05, 0.1) is 12.5 Å². The Morgan fingerprint density at radius 2 is 2.29 bits per heavy atom. The van der Waals surface area contributed by atoms with Crippen molar-refractivity contribution in [1.29, 1.82) is 0 Å². The number of halogens is 1. The van der Waals surface area contributed by atoms with Gasteiger partial charge in [-0.3, -0.25) is 0 Å². The van der Waals surface area contributed by atoms with Crippen LogP contribution in [-0.4, -0.2) is 24.9 Å². The number of aromatic nitrogens is 5. The molecule has 0 saturated heterocycles. The molecule has 2 aromatic heterocycles. The zero-order chi connectivity index (χ0) is 14.2. The summed E-state index contributed by atoms with van der Waals surface area (Å²) >= 11 is 0. The summed E-state index contributed by atoms with van der Waals surface area (Å²) in [5.74, 6) is 1.76. The summed E-state index contributed by atoms with van der Waals surface area (Å²) in [5.41, 5.74) is 0.613. The van der Waals surface area contributed by atoms with Crippen LogP contribution in [-0.2, 0) is 13.0 Å². The van der Waals surface area contributed by atoms with E-state index in [1.807, 2.05) is 4.68 Å². The SMILES string of the molecule is Fc1cccc(-c2noc(C3CCc4ncnn4C3)n2)c1. The zero-order valence-electron chi connectivity index (χ0n) is 11.1. The van der Waals surface area contributed by atoms with Gasteiger partial charge < -0.3 is 4.52 Å². The molecule has 3 heterocycles. The first-order chi connectivity index (χ1) is 10.3. The fourth-order valence-electron chi connectivity index (χ4n) is 2.58. The summed E-state index contributed by atoms with van der Waals surface area (Å²) in [7, 11) is 0. The second kappa shape index (κ2) is 4.76. The molecule has 4 rings (SSSR count). The van der Waals surface area contributed by atoms with Crippen LogP contribution in [0.1, 0.15) is 24.1 Å². The average molecular weight is 285 g/mol. The first-order valence-electron chi connectivity index (χ1n) is 6.76. The minimum absolute atomic E-state index is 0.119. The van der Waals surface area contributed by atoms with E-state index in [0.29, 0.717) is 23.8 Å². The van der Waals surface area contributed by atoms with Crippen molar-refractivity contribution in [3.8, 4) is 11.4 Å². The van der Waals surface area contributed by atoms with Crippen molar-refractivity contribution >= 4 is 0 Å². The third-order valence-electron chi connectivity index (χ3n) is 3.68. The van der Waals surface area contributed by atoms with Crippen LogP contribution in [0.4, 0.5) is 4.39 Å². The van der Waals surface area contributed by atoms with E-state index in [1.165, 1.54) is 12.1 Å². The molecule has 0 saturated carbocycles. The van der Waals surface area contributed by atoms with Crippen molar-refractivity contribution in [3.63, 3.8) is 0 Å². The summed E-state index contributed by atoms with van der Waals surface area (Å²) < 4.78 is 20.4.